The highest BCUT2D eigenvalue weighted by Gasteiger charge is 2.23. The molecule has 3 rings (SSSR count). The molecular weight excluding hydrogens is 539 g/mol. The van der Waals surface area contributed by atoms with Gasteiger partial charge < -0.3 is 20.4 Å². The Kier molecular flexibility index (Phi) is 11.9. The van der Waals surface area contributed by atoms with Crippen LogP contribution in [0.5, 0.6) is 0 Å². The van der Waals surface area contributed by atoms with Crippen molar-refractivity contribution >= 4 is 53.1 Å². The van der Waals surface area contributed by atoms with Gasteiger partial charge in [-0.25, -0.2) is 0 Å². The van der Waals surface area contributed by atoms with E-state index in [0.717, 1.165) is 82.6 Å². The van der Waals surface area contributed by atoms with Crippen LogP contribution in [0.25, 0.3) is 0 Å². The summed E-state index contributed by atoms with van der Waals surface area (Å²) in [6.07, 6.45) is 3.83. The van der Waals surface area contributed by atoms with Crippen LogP contribution in [0.2, 0.25) is 5.02 Å². The van der Waals surface area contributed by atoms with Crippen LogP contribution in [0.4, 0.5) is 5.69 Å². The lowest BCUT2D eigenvalue weighted by molar-refractivity contribution is -0.121. The number of benzene rings is 1. The summed E-state index contributed by atoms with van der Waals surface area (Å²) in [7, 11) is 3.57. The molecule has 2 saturated heterocycles. The molecule has 0 unspecified atom stereocenters. The third-order valence-corrected chi connectivity index (χ3v) is 6.59. The molecule has 0 atom stereocenters. The molecule has 1 amide bonds. The average Bonchev–Trinajstić information content (AvgIpc) is 2.80. The third kappa shape index (κ3) is 8.26. The number of anilines is 1. The SMILES string of the molecule is CN=C(NCCCN1CCN(c2cccc(Cl)c2)CC1)N1CCC(CC(=O)NC)CC1.I. The number of guanidine groups is 1. The Labute approximate surface area is 215 Å². The molecule has 2 fully saturated rings. The molecule has 9 heteroatoms. The number of hydrogen-bond donors (Lipinski definition) is 2. The summed E-state index contributed by atoms with van der Waals surface area (Å²) < 4.78 is 0. The van der Waals surface area contributed by atoms with E-state index in [1.165, 1.54) is 5.69 Å². The van der Waals surface area contributed by atoms with Gasteiger partial charge in [-0.2, -0.15) is 0 Å². The van der Waals surface area contributed by atoms with E-state index in [-0.39, 0.29) is 29.9 Å². The van der Waals surface area contributed by atoms with Gasteiger partial charge >= 0.3 is 0 Å². The maximum atomic E-state index is 11.6. The monoisotopic (exact) mass is 576 g/mol. The second-order valence-electron chi connectivity index (χ2n) is 8.44. The summed E-state index contributed by atoms with van der Waals surface area (Å²) in [5, 5.41) is 7.06. The molecule has 1 aromatic rings. The number of nitrogens with zero attached hydrogens (tertiary/aromatic N) is 4. The summed E-state index contributed by atoms with van der Waals surface area (Å²) in [6, 6.07) is 8.13. The number of halogens is 2. The molecule has 32 heavy (non-hydrogen) atoms. The highest BCUT2D eigenvalue weighted by molar-refractivity contribution is 14.0. The summed E-state index contributed by atoms with van der Waals surface area (Å²) in [6.45, 7) is 8.21. The third-order valence-electron chi connectivity index (χ3n) is 6.36. The fourth-order valence-corrected chi connectivity index (χ4v) is 4.64. The summed E-state index contributed by atoms with van der Waals surface area (Å²) >= 11 is 6.13. The number of piperidine rings is 1. The van der Waals surface area contributed by atoms with Crippen LogP contribution in [0, 0.1) is 5.92 Å². The van der Waals surface area contributed by atoms with Gasteiger partial charge in [0.25, 0.3) is 0 Å². The number of piperazine rings is 1. The molecule has 0 aliphatic carbocycles. The van der Waals surface area contributed by atoms with Crippen LogP contribution in [0.15, 0.2) is 29.3 Å². The average molecular weight is 577 g/mol. The zero-order chi connectivity index (χ0) is 22.1. The number of aliphatic imine (C=N–C) groups is 1. The van der Waals surface area contributed by atoms with Crippen molar-refractivity contribution in [3.8, 4) is 0 Å². The number of nitrogens with one attached hydrogen (secondary N) is 2. The minimum absolute atomic E-state index is 0. The Morgan fingerprint density at radius 3 is 2.50 bits per heavy atom. The van der Waals surface area contributed by atoms with Crippen molar-refractivity contribution in [1.82, 2.24) is 20.4 Å². The minimum Gasteiger partial charge on any atom is -0.369 e. The number of likely N-dealkylation sites (tertiary alicyclic amines) is 1. The van der Waals surface area contributed by atoms with Gasteiger partial charge in [-0.15, -0.1) is 24.0 Å². The van der Waals surface area contributed by atoms with Crippen molar-refractivity contribution in [2.24, 2.45) is 10.9 Å². The van der Waals surface area contributed by atoms with E-state index < -0.39 is 0 Å². The number of amides is 1. The Bertz CT molecular complexity index is 733. The van der Waals surface area contributed by atoms with Crippen LogP contribution >= 0.6 is 35.6 Å². The van der Waals surface area contributed by atoms with Gasteiger partial charge in [0.1, 0.15) is 0 Å². The quantitative estimate of drug-likeness (QED) is 0.226. The maximum absolute atomic E-state index is 11.6. The smallest absolute Gasteiger partial charge is 0.220 e. The molecule has 7 nitrogen and oxygen atoms in total. The zero-order valence-electron chi connectivity index (χ0n) is 19.4. The van der Waals surface area contributed by atoms with Crippen molar-refractivity contribution in [3.63, 3.8) is 0 Å². The lowest BCUT2D eigenvalue weighted by Gasteiger charge is -2.36. The van der Waals surface area contributed by atoms with E-state index in [1.807, 2.05) is 25.2 Å². The first-order chi connectivity index (χ1) is 15.1. The van der Waals surface area contributed by atoms with Gasteiger partial charge in [0.15, 0.2) is 5.96 Å². The van der Waals surface area contributed by atoms with Gasteiger partial charge in [0.05, 0.1) is 0 Å². The van der Waals surface area contributed by atoms with Crippen LogP contribution in [-0.2, 0) is 4.79 Å². The Morgan fingerprint density at radius 2 is 1.88 bits per heavy atom. The van der Waals surface area contributed by atoms with Gasteiger partial charge in [-0.05, 0) is 49.9 Å². The number of hydrogen-bond acceptors (Lipinski definition) is 4. The molecule has 2 aliphatic rings. The largest absolute Gasteiger partial charge is 0.369 e. The van der Waals surface area contributed by atoms with Crippen LogP contribution in [0.1, 0.15) is 25.7 Å². The first-order valence-electron chi connectivity index (χ1n) is 11.5. The maximum Gasteiger partial charge on any atom is 0.220 e. The fourth-order valence-electron chi connectivity index (χ4n) is 4.45. The standard InChI is InChI=1S/C23H37ClN6O.HI/c1-25-22(31)17-19-7-11-30(12-8-19)23(26-2)27-9-4-10-28-13-15-29(16-14-28)21-6-3-5-20(24)18-21;/h3,5-6,18-19H,4,7-17H2,1-2H3,(H,25,31)(H,26,27);1H. The Morgan fingerprint density at radius 1 is 1.16 bits per heavy atom. The van der Waals surface area contributed by atoms with Crippen LogP contribution in [-0.4, -0.2) is 88.1 Å². The van der Waals surface area contributed by atoms with Crippen molar-refractivity contribution in [2.45, 2.75) is 25.7 Å². The molecular formula is C23H38ClIN6O. The first-order valence-corrected chi connectivity index (χ1v) is 11.9. The molecule has 0 aromatic heterocycles. The number of carbonyl (C=O) groups excluding carboxylic acids is 1. The molecule has 0 radical (unpaired) electrons. The second kappa shape index (κ2) is 14.1. The van der Waals surface area contributed by atoms with E-state index in [2.05, 4.69) is 36.4 Å². The molecule has 1 aromatic carbocycles. The summed E-state index contributed by atoms with van der Waals surface area (Å²) in [4.78, 5) is 23.3. The van der Waals surface area contributed by atoms with Gasteiger partial charge in [0.2, 0.25) is 5.91 Å². The van der Waals surface area contributed by atoms with E-state index in [9.17, 15) is 4.79 Å². The molecule has 0 saturated carbocycles. The van der Waals surface area contributed by atoms with Crippen LogP contribution < -0.4 is 15.5 Å². The van der Waals surface area contributed by atoms with E-state index in [4.69, 9.17) is 11.6 Å². The van der Waals surface area contributed by atoms with Crippen molar-refractivity contribution in [3.05, 3.63) is 29.3 Å². The molecule has 2 aliphatic heterocycles. The van der Waals surface area contributed by atoms with Crippen LogP contribution in [0.3, 0.4) is 0 Å². The normalized spacial score (nSPS) is 18.3. The van der Waals surface area contributed by atoms with Crippen molar-refractivity contribution in [2.75, 3.05) is 71.4 Å². The lowest BCUT2D eigenvalue weighted by atomic mass is 9.93. The van der Waals surface area contributed by atoms with Crippen molar-refractivity contribution in [1.29, 1.82) is 0 Å². The topological polar surface area (TPSA) is 63.2 Å². The predicted octanol–water partition coefficient (Wildman–Crippen LogP) is 2.89. The number of rotatable bonds is 7. The summed E-state index contributed by atoms with van der Waals surface area (Å²) in [5.74, 6) is 1.62. The Hall–Kier alpha value is -1.26. The van der Waals surface area contributed by atoms with E-state index >= 15 is 0 Å². The number of carbonyl (C=O) groups is 1. The highest BCUT2D eigenvalue weighted by atomic mass is 127. The molecule has 2 heterocycles. The second-order valence-corrected chi connectivity index (χ2v) is 8.88. The Balaban J connectivity index is 0.00000363. The van der Waals surface area contributed by atoms with Gasteiger partial charge in [0, 0.05) is 77.0 Å². The fraction of sp³-hybridized carbons (Fsp3) is 0.652. The molecule has 180 valence electrons. The molecule has 0 bridgehead atoms. The van der Waals surface area contributed by atoms with E-state index in [1.54, 1.807) is 7.05 Å². The zero-order valence-corrected chi connectivity index (χ0v) is 22.4. The van der Waals surface area contributed by atoms with Crippen molar-refractivity contribution < 1.29 is 4.79 Å². The first kappa shape index (κ1) is 27.0. The molecule has 0 spiro atoms. The summed E-state index contributed by atoms with van der Waals surface area (Å²) in [5.41, 5.74) is 1.22. The van der Waals surface area contributed by atoms with E-state index in [0.29, 0.717) is 12.3 Å². The molecule has 2 N–H and O–H groups in total. The highest BCUT2D eigenvalue weighted by Crippen LogP contribution is 2.21. The van der Waals surface area contributed by atoms with Gasteiger partial charge in [-0.3, -0.25) is 14.7 Å². The lowest BCUT2D eigenvalue weighted by Crippen LogP contribution is -2.48. The predicted molar refractivity (Wildman–Crippen MR) is 144 cm³/mol. The van der Waals surface area contributed by atoms with Gasteiger partial charge in [-0.1, -0.05) is 17.7 Å². The minimum atomic E-state index is 0.